The minimum Gasteiger partial charge on any atom is -0.493 e. The van der Waals surface area contributed by atoms with Crippen LogP contribution in [0.1, 0.15) is 18.4 Å². The molecular formula is C16H24N2O4S. The van der Waals surface area contributed by atoms with Crippen molar-refractivity contribution in [2.75, 3.05) is 34.5 Å². The smallest absolute Gasteiger partial charge is 0.203 e. The van der Waals surface area contributed by atoms with Crippen molar-refractivity contribution in [3.8, 4) is 17.2 Å². The summed E-state index contributed by atoms with van der Waals surface area (Å²) < 4.78 is 21.6. The molecular weight excluding hydrogens is 316 g/mol. The van der Waals surface area contributed by atoms with Gasteiger partial charge in [-0.05, 0) is 42.8 Å². The molecule has 128 valence electrons. The van der Waals surface area contributed by atoms with Crippen molar-refractivity contribution >= 4 is 17.3 Å². The van der Waals surface area contributed by atoms with E-state index in [2.05, 4.69) is 10.6 Å². The second kappa shape index (κ2) is 8.79. The summed E-state index contributed by atoms with van der Waals surface area (Å²) in [5.41, 5.74) is 0.987. The predicted octanol–water partition coefficient (Wildman–Crippen LogP) is 1.86. The molecule has 1 aliphatic rings. The van der Waals surface area contributed by atoms with Crippen LogP contribution in [0.5, 0.6) is 17.2 Å². The third-order valence-electron chi connectivity index (χ3n) is 3.69. The first-order chi connectivity index (χ1) is 11.2. The van der Waals surface area contributed by atoms with Gasteiger partial charge in [0.25, 0.3) is 0 Å². The summed E-state index contributed by atoms with van der Waals surface area (Å²) >= 11 is 5.29. The summed E-state index contributed by atoms with van der Waals surface area (Å²) in [5.74, 6) is 1.83. The van der Waals surface area contributed by atoms with E-state index in [4.69, 9.17) is 31.2 Å². The summed E-state index contributed by atoms with van der Waals surface area (Å²) in [4.78, 5) is 0. The maximum atomic E-state index is 5.56. The van der Waals surface area contributed by atoms with Crippen LogP contribution in [0.4, 0.5) is 0 Å². The molecule has 1 aliphatic heterocycles. The van der Waals surface area contributed by atoms with Crippen LogP contribution in [-0.4, -0.2) is 45.7 Å². The van der Waals surface area contributed by atoms with Crippen molar-refractivity contribution in [3.05, 3.63) is 17.7 Å². The second-order valence-corrected chi connectivity index (χ2v) is 5.64. The van der Waals surface area contributed by atoms with E-state index in [-0.39, 0.29) is 6.10 Å². The lowest BCUT2D eigenvalue weighted by Gasteiger charge is -2.16. The van der Waals surface area contributed by atoms with Crippen LogP contribution in [0.25, 0.3) is 0 Å². The zero-order valence-electron chi connectivity index (χ0n) is 13.8. The number of ether oxygens (including phenoxy) is 4. The highest BCUT2D eigenvalue weighted by Crippen LogP contribution is 2.38. The Labute approximate surface area is 142 Å². The molecule has 6 nitrogen and oxygen atoms in total. The molecule has 0 bridgehead atoms. The third kappa shape index (κ3) is 4.87. The zero-order chi connectivity index (χ0) is 16.7. The van der Waals surface area contributed by atoms with Crippen LogP contribution in [0.3, 0.4) is 0 Å². The van der Waals surface area contributed by atoms with Crippen molar-refractivity contribution in [2.24, 2.45) is 0 Å². The Bertz CT molecular complexity index is 508. The Balaban J connectivity index is 1.90. The first kappa shape index (κ1) is 17.6. The van der Waals surface area contributed by atoms with Gasteiger partial charge in [0.2, 0.25) is 5.75 Å². The number of thiocarbonyl (C=S) groups is 1. The number of rotatable bonds is 7. The molecule has 0 amide bonds. The molecule has 1 atom stereocenters. The van der Waals surface area contributed by atoms with Crippen molar-refractivity contribution in [1.29, 1.82) is 0 Å². The summed E-state index contributed by atoms with van der Waals surface area (Å²) in [7, 11) is 4.78. The molecule has 0 radical (unpaired) electrons. The fourth-order valence-electron chi connectivity index (χ4n) is 2.49. The van der Waals surface area contributed by atoms with Gasteiger partial charge in [-0.2, -0.15) is 0 Å². The topological polar surface area (TPSA) is 61.0 Å². The Morgan fingerprint density at radius 2 is 1.87 bits per heavy atom. The normalized spacial score (nSPS) is 16.7. The van der Waals surface area contributed by atoms with Crippen molar-refractivity contribution in [2.45, 2.75) is 25.5 Å². The molecule has 0 aliphatic carbocycles. The first-order valence-electron chi connectivity index (χ1n) is 7.60. The minimum atomic E-state index is 0.260. The van der Waals surface area contributed by atoms with Gasteiger partial charge in [-0.25, -0.2) is 0 Å². The van der Waals surface area contributed by atoms with Gasteiger partial charge in [0.1, 0.15) is 0 Å². The van der Waals surface area contributed by atoms with E-state index in [9.17, 15) is 0 Å². The van der Waals surface area contributed by atoms with Crippen molar-refractivity contribution in [1.82, 2.24) is 10.6 Å². The van der Waals surface area contributed by atoms with Gasteiger partial charge >= 0.3 is 0 Å². The fraction of sp³-hybridized carbons (Fsp3) is 0.562. The third-order valence-corrected chi connectivity index (χ3v) is 3.98. The van der Waals surface area contributed by atoms with Gasteiger partial charge in [0.15, 0.2) is 16.6 Å². The summed E-state index contributed by atoms with van der Waals surface area (Å²) in [6, 6.07) is 3.80. The van der Waals surface area contributed by atoms with Crippen LogP contribution < -0.4 is 24.8 Å². The molecule has 0 unspecified atom stereocenters. The van der Waals surface area contributed by atoms with Gasteiger partial charge in [-0.15, -0.1) is 0 Å². The van der Waals surface area contributed by atoms with E-state index in [1.54, 1.807) is 21.3 Å². The lowest BCUT2D eigenvalue weighted by atomic mass is 10.2. The van der Waals surface area contributed by atoms with Crippen molar-refractivity contribution in [3.63, 3.8) is 0 Å². The predicted molar refractivity (Wildman–Crippen MR) is 92.5 cm³/mol. The standard InChI is InChI=1S/C16H24N2O4S/c1-19-13-7-11(8-14(20-2)15(13)21-3)9-17-16(23)18-10-12-5-4-6-22-12/h7-8,12H,4-6,9-10H2,1-3H3,(H2,17,18,23)/t12-/m0/s1. The van der Waals surface area contributed by atoms with Crippen LogP contribution in [0.2, 0.25) is 0 Å². The number of nitrogens with one attached hydrogen (secondary N) is 2. The van der Waals surface area contributed by atoms with Crippen LogP contribution in [-0.2, 0) is 11.3 Å². The monoisotopic (exact) mass is 340 g/mol. The Morgan fingerprint density at radius 3 is 2.39 bits per heavy atom. The summed E-state index contributed by atoms with van der Waals surface area (Å²) in [5, 5.41) is 6.96. The molecule has 1 aromatic rings. The highest BCUT2D eigenvalue weighted by molar-refractivity contribution is 7.80. The average Bonchev–Trinajstić information content (AvgIpc) is 3.10. The lowest BCUT2D eigenvalue weighted by Crippen LogP contribution is -2.39. The van der Waals surface area contributed by atoms with E-state index in [1.165, 1.54) is 0 Å². The highest BCUT2D eigenvalue weighted by Gasteiger charge is 2.16. The molecule has 0 saturated carbocycles. The van der Waals surface area contributed by atoms with Gasteiger partial charge < -0.3 is 29.6 Å². The molecule has 0 spiro atoms. The molecule has 7 heteroatoms. The molecule has 1 aromatic carbocycles. The quantitative estimate of drug-likeness (QED) is 0.735. The largest absolute Gasteiger partial charge is 0.493 e. The molecule has 1 fully saturated rings. The van der Waals surface area contributed by atoms with E-state index in [1.807, 2.05) is 12.1 Å². The molecule has 2 N–H and O–H groups in total. The van der Waals surface area contributed by atoms with E-state index >= 15 is 0 Å². The average molecular weight is 340 g/mol. The van der Waals surface area contributed by atoms with E-state index in [0.717, 1.165) is 31.6 Å². The molecule has 0 aromatic heterocycles. The van der Waals surface area contributed by atoms with Crippen molar-refractivity contribution < 1.29 is 18.9 Å². The molecule has 23 heavy (non-hydrogen) atoms. The molecule has 1 saturated heterocycles. The number of benzene rings is 1. The number of hydrogen-bond donors (Lipinski definition) is 2. The Hall–Kier alpha value is -1.73. The first-order valence-corrected chi connectivity index (χ1v) is 8.01. The van der Waals surface area contributed by atoms with Gasteiger partial charge in [-0.1, -0.05) is 0 Å². The van der Waals surface area contributed by atoms with Crippen LogP contribution >= 0.6 is 12.2 Å². The van der Waals surface area contributed by atoms with E-state index < -0.39 is 0 Å². The summed E-state index contributed by atoms with van der Waals surface area (Å²) in [6.45, 7) is 2.15. The SMILES string of the molecule is COc1cc(CNC(=S)NC[C@@H]2CCCO2)cc(OC)c1OC. The summed E-state index contributed by atoms with van der Waals surface area (Å²) in [6.07, 6.45) is 2.47. The lowest BCUT2D eigenvalue weighted by molar-refractivity contribution is 0.114. The maximum absolute atomic E-state index is 5.56. The van der Waals surface area contributed by atoms with Crippen LogP contribution in [0, 0.1) is 0 Å². The highest BCUT2D eigenvalue weighted by atomic mass is 32.1. The van der Waals surface area contributed by atoms with Gasteiger partial charge in [0, 0.05) is 19.7 Å². The Morgan fingerprint density at radius 1 is 1.17 bits per heavy atom. The van der Waals surface area contributed by atoms with Gasteiger partial charge in [-0.3, -0.25) is 0 Å². The van der Waals surface area contributed by atoms with E-state index in [0.29, 0.717) is 28.9 Å². The Kier molecular flexibility index (Phi) is 6.73. The number of hydrogen-bond acceptors (Lipinski definition) is 5. The van der Waals surface area contributed by atoms with Crippen LogP contribution in [0.15, 0.2) is 12.1 Å². The van der Waals surface area contributed by atoms with Gasteiger partial charge in [0.05, 0.1) is 27.4 Å². The second-order valence-electron chi connectivity index (χ2n) is 5.23. The zero-order valence-corrected chi connectivity index (χ0v) is 14.6. The minimum absolute atomic E-state index is 0.260. The molecule has 2 rings (SSSR count). The maximum Gasteiger partial charge on any atom is 0.203 e. The molecule has 1 heterocycles. The fourth-order valence-corrected chi connectivity index (χ4v) is 2.65. The number of methoxy groups -OCH3 is 3.